The molecule has 0 spiro atoms. The Morgan fingerprint density at radius 1 is 1.39 bits per heavy atom. The Labute approximate surface area is 113 Å². The monoisotopic (exact) mass is 285 g/mol. The summed E-state index contributed by atoms with van der Waals surface area (Å²) in [5.41, 5.74) is 0.590. The topological polar surface area (TPSA) is 80.4 Å². The number of benzene rings is 1. The summed E-state index contributed by atoms with van der Waals surface area (Å²) in [6.07, 6.45) is 2.65. The molecular weight excluding hydrogens is 278 g/mol. The van der Waals surface area contributed by atoms with Crippen molar-refractivity contribution in [2.45, 2.75) is 0 Å². The van der Waals surface area contributed by atoms with E-state index in [1.807, 2.05) is 0 Å². The van der Waals surface area contributed by atoms with Crippen molar-refractivity contribution >= 4 is 42.0 Å². The molecule has 0 radical (unpaired) electrons. The number of hydrogen-bond acceptors (Lipinski definition) is 4. The van der Waals surface area contributed by atoms with E-state index < -0.39 is 10.9 Å². The van der Waals surface area contributed by atoms with E-state index in [4.69, 9.17) is 16.7 Å². The van der Waals surface area contributed by atoms with Gasteiger partial charge in [0.15, 0.2) is 0 Å². The van der Waals surface area contributed by atoms with Crippen LogP contribution in [0.4, 0.5) is 5.69 Å². The number of halogens is 1. The van der Waals surface area contributed by atoms with Crippen LogP contribution in [0.5, 0.6) is 0 Å². The third kappa shape index (κ3) is 4.23. The lowest BCUT2D eigenvalue weighted by atomic mass is 10.2. The van der Waals surface area contributed by atoms with E-state index >= 15 is 0 Å². The van der Waals surface area contributed by atoms with Crippen LogP contribution in [0.2, 0.25) is 0 Å². The summed E-state index contributed by atoms with van der Waals surface area (Å²) in [5, 5.41) is 19.2. The minimum atomic E-state index is -1.19. The van der Waals surface area contributed by atoms with Crippen molar-refractivity contribution in [3.63, 3.8) is 0 Å². The van der Waals surface area contributed by atoms with E-state index in [9.17, 15) is 14.9 Å². The second-order valence-electron chi connectivity index (χ2n) is 3.21. The molecule has 0 aliphatic rings. The molecule has 7 heteroatoms. The zero-order valence-electron chi connectivity index (χ0n) is 8.91. The molecule has 1 aromatic carbocycles. The smallest absolute Gasteiger partial charge is 0.341 e. The van der Waals surface area contributed by atoms with E-state index in [1.165, 1.54) is 36.4 Å². The summed E-state index contributed by atoms with van der Waals surface area (Å²) in [4.78, 5) is 20.2. The zero-order valence-corrected chi connectivity index (χ0v) is 10.6. The molecule has 1 aromatic rings. The van der Waals surface area contributed by atoms with Gasteiger partial charge in [-0.2, -0.15) is 0 Å². The summed E-state index contributed by atoms with van der Waals surface area (Å²) >= 11 is 9.52. The molecule has 0 unspecified atom stereocenters. The third-order valence-electron chi connectivity index (χ3n) is 1.90. The summed E-state index contributed by atoms with van der Waals surface area (Å²) in [5.74, 6) is -1.19. The Balaban J connectivity index is 2.92. The number of thiol groups is 1. The number of allylic oxidation sites excluding steroid dienone is 2. The molecule has 0 fully saturated rings. The molecule has 0 aliphatic heterocycles. The fourth-order valence-corrected chi connectivity index (χ4v) is 1.54. The fourth-order valence-electron chi connectivity index (χ4n) is 1.09. The molecule has 0 aliphatic carbocycles. The van der Waals surface area contributed by atoms with Gasteiger partial charge in [-0.25, -0.2) is 4.79 Å². The van der Waals surface area contributed by atoms with Crippen LogP contribution in [0.3, 0.4) is 0 Å². The summed E-state index contributed by atoms with van der Waals surface area (Å²) < 4.78 is 0. The van der Waals surface area contributed by atoms with Crippen molar-refractivity contribution < 1.29 is 14.8 Å². The van der Waals surface area contributed by atoms with Gasteiger partial charge in [-0.15, -0.1) is 12.6 Å². The van der Waals surface area contributed by atoms with Crippen molar-refractivity contribution in [1.82, 2.24) is 0 Å². The molecule has 0 bridgehead atoms. The van der Waals surface area contributed by atoms with Gasteiger partial charge in [0, 0.05) is 17.2 Å². The summed E-state index contributed by atoms with van der Waals surface area (Å²) in [7, 11) is 0. The molecule has 1 N–H and O–H groups in total. The number of non-ortho nitro benzene ring substituents is 1. The van der Waals surface area contributed by atoms with E-state index in [0.29, 0.717) is 5.56 Å². The van der Waals surface area contributed by atoms with Crippen molar-refractivity contribution in [1.29, 1.82) is 0 Å². The number of nitro groups is 1. The number of carbonyl (C=O) groups is 1. The maximum atomic E-state index is 10.5. The summed E-state index contributed by atoms with van der Waals surface area (Å²) in [6.45, 7) is 0. The Morgan fingerprint density at radius 3 is 2.39 bits per heavy atom. The molecule has 0 amide bonds. The highest BCUT2D eigenvalue weighted by Crippen LogP contribution is 2.18. The van der Waals surface area contributed by atoms with E-state index in [1.54, 1.807) is 0 Å². The Hall–Kier alpha value is -1.79. The van der Waals surface area contributed by atoms with Gasteiger partial charge in [-0.3, -0.25) is 10.1 Å². The zero-order chi connectivity index (χ0) is 13.7. The standard InChI is InChI=1S/C11H8ClNO4S/c12-8(6-10(18)11(14)15)5-7-1-3-9(4-2-7)13(16)17/h1-6,18H,(H,14,15)/b8-5-,10-6-. The SMILES string of the molecule is O=C(O)/C(S)=C/C(Cl)=C/c1ccc([N+](=O)[O-])cc1. The highest BCUT2D eigenvalue weighted by Gasteiger charge is 2.04. The van der Waals surface area contributed by atoms with Crippen LogP contribution in [0, 0.1) is 10.1 Å². The van der Waals surface area contributed by atoms with Crippen molar-refractivity contribution in [3.8, 4) is 0 Å². The minimum absolute atomic E-state index is 0.0285. The van der Waals surface area contributed by atoms with Crippen LogP contribution in [0.1, 0.15) is 5.56 Å². The lowest BCUT2D eigenvalue weighted by Gasteiger charge is -1.96. The van der Waals surface area contributed by atoms with Gasteiger partial charge in [0.25, 0.3) is 5.69 Å². The van der Waals surface area contributed by atoms with Crippen LogP contribution < -0.4 is 0 Å². The van der Waals surface area contributed by atoms with Gasteiger partial charge >= 0.3 is 5.97 Å². The van der Waals surface area contributed by atoms with Crippen molar-refractivity contribution in [3.05, 3.63) is 56.0 Å². The van der Waals surface area contributed by atoms with Gasteiger partial charge in [0.05, 0.1) is 9.83 Å². The average Bonchev–Trinajstić information content (AvgIpc) is 2.29. The molecule has 18 heavy (non-hydrogen) atoms. The molecule has 0 aromatic heterocycles. The lowest BCUT2D eigenvalue weighted by Crippen LogP contribution is -1.93. The Bertz CT molecular complexity index is 536. The van der Waals surface area contributed by atoms with Crippen molar-refractivity contribution in [2.24, 2.45) is 0 Å². The quantitative estimate of drug-likeness (QED) is 0.293. The number of carboxylic acids is 1. The maximum Gasteiger partial charge on any atom is 0.341 e. The van der Waals surface area contributed by atoms with Crippen LogP contribution >= 0.6 is 24.2 Å². The minimum Gasteiger partial charge on any atom is -0.477 e. The predicted molar refractivity (Wildman–Crippen MR) is 71.6 cm³/mol. The number of rotatable bonds is 4. The lowest BCUT2D eigenvalue weighted by molar-refractivity contribution is -0.384. The largest absolute Gasteiger partial charge is 0.477 e. The van der Waals surface area contributed by atoms with Crippen LogP contribution in [-0.2, 0) is 4.79 Å². The van der Waals surface area contributed by atoms with E-state index in [0.717, 1.165) is 0 Å². The van der Waals surface area contributed by atoms with Crippen LogP contribution in [0.25, 0.3) is 6.08 Å². The number of hydrogen-bond donors (Lipinski definition) is 2. The second kappa shape index (κ2) is 6.23. The average molecular weight is 286 g/mol. The van der Waals surface area contributed by atoms with Gasteiger partial charge < -0.3 is 5.11 Å². The predicted octanol–water partition coefficient (Wildman–Crippen LogP) is 3.07. The van der Waals surface area contributed by atoms with Crippen LogP contribution in [-0.4, -0.2) is 16.0 Å². The highest BCUT2D eigenvalue weighted by molar-refractivity contribution is 7.85. The highest BCUT2D eigenvalue weighted by atomic mass is 35.5. The molecule has 0 atom stereocenters. The molecule has 0 saturated heterocycles. The Morgan fingerprint density at radius 2 is 1.94 bits per heavy atom. The first kappa shape index (κ1) is 14.3. The molecular formula is C11H8ClNO4S. The van der Waals surface area contributed by atoms with Gasteiger partial charge in [-0.1, -0.05) is 11.6 Å². The fraction of sp³-hybridized carbons (Fsp3) is 0. The number of nitrogens with zero attached hydrogens (tertiary/aromatic N) is 1. The molecule has 1 rings (SSSR count). The van der Waals surface area contributed by atoms with E-state index in [-0.39, 0.29) is 15.6 Å². The molecule has 94 valence electrons. The molecule has 5 nitrogen and oxygen atoms in total. The maximum absolute atomic E-state index is 10.5. The van der Waals surface area contributed by atoms with Gasteiger partial charge in [-0.05, 0) is 29.8 Å². The number of nitro benzene ring substituents is 1. The first-order chi connectivity index (χ1) is 8.40. The first-order valence-corrected chi connectivity index (χ1v) is 5.48. The van der Waals surface area contributed by atoms with Crippen LogP contribution in [0.15, 0.2) is 40.3 Å². The second-order valence-corrected chi connectivity index (χ2v) is 4.13. The van der Waals surface area contributed by atoms with E-state index in [2.05, 4.69) is 12.6 Å². The molecule has 0 heterocycles. The molecule has 0 saturated carbocycles. The Kier molecular flexibility index (Phi) is 4.94. The number of carboxylic acid groups (broad SMARTS) is 1. The van der Waals surface area contributed by atoms with Gasteiger partial charge in [0.2, 0.25) is 0 Å². The number of aliphatic carboxylic acids is 1. The van der Waals surface area contributed by atoms with Crippen molar-refractivity contribution in [2.75, 3.05) is 0 Å². The third-order valence-corrected chi connectivity index (χ3v) is 2.44. The van der Waals surface area contributed by atoms with Gasteiger partial charge in [0.1, 0.15) is 0 Å². The summed E-state index contributed by atoms with van der Waals surface area (Å²) in [6, 6.07) is 5.68. The first-order valence-electron chi connectivity index (χ1n) is 4.66. The normalized spacial score (nSPS) is 12.3.